The zero-order valence-corrected chi connectivity index (χ0v) is 11.3. The number of nitrogens with zero attached hydrogens (tertiary/aromatic N) is 1. The largest absolute Gasteiger partial charge is 0.385 e. The molecule has 0 saturated heterocycles. The fraction of sp³-hybridized carbons (Fsp3) is 0.364. The van der Waals surface area contributed by atoms with Gasteiger partial charge in [-0.15, -0.1) is 11.3 Å². The van der Waals surface area contributed by atoms with Gasteiger partial charge in [-0.3, -0.25) is 4.79 Å². The number of halogens is 1. The second-order valence-electron chi connectivity index (χ2n) is 3.49. The Morgan fingerprint density at radius 2 is 2.38 bits per heavy atom. The molecule has 0 unspecified atom stereocenters. The van der Waals surface area contributed by atoms with E-state index in [-0.39, 0.29) is 5.56 Å². The van der Waals surface area contributed by atoms with Crippen molar-refractivity contribution < 1.29 is 4.74 Å². The number of aryl methyl sites for hydroxylation is 1. The Kier molecular flexibility index (Phi) is 3.78. The lowest BCUT2D eigenvalue weighted by molar-refractivity contribution is 0.190. The highest BCUT2D eigenvalue weighted by molar-refractivity contribution is 9.10. The lowest BCUT2D eigenvalue weighted by atomic mass is 10.3. The molecule has 2 rings (SSSR count). The molecule has 0 saturated carbocycles. The maximum absolute atomic E-state index is 12.0. The molecule has 0 aliphatic rings. The third-order valence-corrected chi connectivity index (χ3v) is 4.20. The molecular formula is C11H12BrNO2S. The molecule has 0 atom stereocenters. The van der Waals surface area contributed by atoms with Crippen LogP contribution in [-0.2, 0) is 11.3 Å². The molecular weight excluding hydrogens is 290 g/mol. The van der Waals surface area contributed by atoms with Crippen LogP contribution in [0.3, 0.4) is 0 Å². The molecule has 5 heteroatoms. The summed E-state index contributed by atoms with van der Waals surface area (Å²) in [5.41, 5.74) is 0.0792. The van der Waals surface area contributed by atoms with Crippen LogP contribution in [0.25, 0.3) is 10.1 Å². The van der Waals surface area contributed by atoms with Gasteiger partial charge < -0.3 is 9.30 Å². The van der Waals surface area contributed by atoms with Gasteiger partial charge in [0.25, 0.3) is 5.56 Å². The van der Waals surface area contributed by atoms with E-state index in [4.69, 9.17) is 4.74 Å². The lowest BCUT2D eigenvalue weighted by Gasteiger charge is -2.06. The molecule has 2 aromatic heterocycles. The summed E-state index contributed by atoms with van der Waals surface area (Å²) < 4.78 is 8.72. The van der Waals surface area contributed by atoms with Gasteiger partial charge in [-0.1, -0.05) is 0 Å². The number of hydrogen-bond acceptors (Lipinski definition) is 3. The summed E-state index contributed by atoms with van der Waals surface area (Å²) in [7, 11) is 1.67. The van der Waals surface area contributed by atoms with Gasteiger partial charge in [0, 0.05) is 26.5 Å². The highest BCUT2D eigenvalue weighted by Crippen LogP contribution is 2.26. The van der Waals surface area contributed by atoms with Crippen LogP contribution in [-0.4, -0.2) is 18.3 Å². The van der Waals surface area contributed by atoms with E-state index in [1.165, 1.54) is 0 Å². The standard InChI is InChI=1S/C11H12BrNO2S/c1-15-5-2-4-13-7-9(12)10-8(11(13)14)3-6-16-10/h3,6-7H,2,4-5H2,1H3. The molecule has 2 heterocycles. The average Bonchev–Trinajstić information content (AvgIpc) is 2.75. The van der Waals surface area contributed by atoms with E-state index in [9.17, 15) is 4.79 Å². The Balaban J connectivity index is 2.38. The minimum atomic E-state index is 0.0792. The second kappa shape index (κ2) is 5.12. The molecule has 0 amide bonds. The summed E-state index contributed by atoms with van der Waals surface area (Å²) in [6.45, 7) is 1.36. The SMILES string of the molecule is COCCCn1cc(Br)c2sccc2c1=O. The Morgan fingerprint density at radius 1 is 1.56 bits per heavy atom. The average molecular weight is 302 g/mol. The zero-order valence-electron chi connectivity index (χ0n) is 8.90. The van der Waals surface area contributed by atoms with Gasteiger partial charge in [-0.25, -0.2) is 0 Å². The maximum atomic E-state index is 12.0. The number of methoxy groups -OCH3 is 1. The third-order valence-electron chi connectivity index (χ3n) is 2.39. The van der Waals surface area contributed by atoms with Crippen molar-refractivity contribution in [2.75, 3.05) is 13.7 Å². The molecule has 0 aliphatic heterocycles. The van der Waals surface area contributed by atoms with E-state index in [1.807, 2.05) is 17.6 Å². The summed E-state index contributed by atoms with van der Waals surface area (Å²) in [6.07, 6.45) is 2.70. The van der Waals surface area contributed by atoms with Gasteiger partial charge in [0.1, 0.15) is 0 Å². The van der Waals surface area contributed by atoms with Gasteiger partial charge in [0.05, 0.1) is 14.6 Å². The number of thiophene rings is 1. The van der Waals surface area contributed by atoms with Gasteiger partial charge >= 0.3 is 0 Å². The normalized spacial score (nSPS) is 11.1. The molecule has 0 fully saturated rings. The van der Waals surface area contributed by atoms with Crippen LogP contribution >= 0.6 is 27.3 Å². The number of aromatic nitrogens is 1. The van der Waals surface area contributed by atoms with Crippen molar-refractivity contribution in [2.24, 2.45) is 0 Å². The van der Waals surface area contributed by atoms with Gasteiger partial charge in [0.15, 0.2) is 0 Å². The first kappa shape index (κ1) is 11.8. The van der Waals surface area contributed by atoms with E-state index in [0.29, 0.717) is 13.2 Å². The second-order valence-corrected chi connectivity index (χ2v) is 5.26. The Labute approximate surface area is 106 Å². The number of hydrogen-bond donors (Lipinski definition) is 0. The fourth-order valence-electron chi connectivity index (χ4n) is 1.62. The quantitative estimate of drug-likeness (QED) is 0.813. The number of rotatable bonds is 4. The minimum Gasteiger partial charge on any atom is -0.385 e. The van der Waals surface area contributed by atoms with Crippen molar-refractivity contribution in [3.8, 4) is 0 Å². The molecule has 16 heavy (non-hydrogen) atoms. The van der Waals surface area contributed by atoms with Crippen molar-refractivity contribution in [1.82, 2.24) is 4.57 Å². The molecule has 2 aromatic rings. The Morgan fingerprint density at radius 3 is 3.12 bits per heavy atom. The molecule has 0 aromatic carbocycles. The van der Waals surface area contributed by atoms with Gasteiger partial charge in [-0.2, -0.15) is 0 Å². The first-order valence-electron chi connectivity index (χ1n) is 4.99. The molecule has 0 N–H and O–H groups in total. The van der Waals surface area contributed by atoms with E-state index < -0.39 is 0 Å². The lowest BCUT2D eigenvalue weighted by Crippen LogP contribution is -2.20. The van der Waals surface area contributed by atoms with Crippen molar-refractivity contribution >= 4 is 37.4 Å². The summed E-state index contributed by atoms with van der Waals surface area (Å²) in [6, 6.07) is 1.87. The van der Waals surface area contributed by atoms with Crippen LogP contribution in [0.1, 0.15) is 6.42 Å². The zero-order chi connectivity index (χ0) is 11.5. The van der Waals surface area contributed by atoms with Crippen molar-refractivity contribution in [3.05, 3.63) is 32.5 Å². The predicted molar refractivity (Wildman–Crippen MR) is 70.3 cm³/mol. The van der Waals surface area contributed by atoms with E-state index in [0.717, 1.165) is 21.0 Å². The molecule has 0 spiro atoms. The van der Waals surface area contributed by atoms with Crippen LogP contribution in [0.4, 0.5) is 0 Å². The first-order valence-corrected chi connectivity index (χ1v) is 6.66. The van der Waals surface area contributed by atoms with E-state index in [1.54, 1.807) is 23.0 Å². The highest BCUT2D eigenvalue weighted by atomic mass is 79.9. The molecule has 86 valence electrons. The monoisotopic (exact) mass is 301 g/mol. The molecule has 0 radical (unpaired) electrons. The summed E-state index contributed by atoms with van der Waals surface area (Å²) in [5.74, 6) is 0. The predicted octanol–water partition coefficient (Wildman–Crippen LogP) is 2.86. The molecule has 0 bridgehead atoms. The van der Waals surface area contributed by atoms with Crippen LogP contribution in [0.2, 0.25) is 0 Å². The smallest absolute Gasteiger partial charge is 0.259 e. The van der Waals surface area contributed by atoms with Crippen molar-refractivity contribution in [1.29, 1.82) is 0 Å². The van der Waals surface area contributed by atoms with Crippen molar-refractivity contribution in [3.63, 3.8) is 0 Å². The van der Waals surface area contributed by atoms with Gasteiger partial charge in [-0.05, 0) is 33.8 Å². The first-order chi connectivity index (χ1) is 7.74. The molecule has 0 aliphatic carbocycles. The fourth-order valence-corrected chi connectivity index (χ4v) is 3.15. The van der Waals surface area contributed by atoms with Crippen LogP contribution in [0.5, 0.6) is 0 Å². The number of pyridine rings is 1. The van der Waals surface area contributed by atoms with Gasteiger partial charge in [0.2, 0.25) is 0 Å². The third kappa shape index (κ3) is 2.21. The van der Waals surface area contributed by atoms with Crippen LogP contribution in [0, 0.1) is 0 Å². The van der Waals surface area contributed by atoms with Crippen molar-refractivity contribution in [2.45, 2.75) is 13.0 Å². The highest BCUT2D eigenvalue weighted by Gasteiger charge is 2.07. The molecule has 3 nitrogen and oxygen atoms in total. The number of ether oxygens (including phenoxy) is 1. The maximum Gasteiger partial charge on any atom is 0.259 e. The summed E-state index contributed by atoms with van der Waals surface area (Å²) in [5, 5.41) is 2.73. The summed E-state index contributed by atoms with van der Waals surface area (Å²) in [4.78, 5) is 12.0. The minimum absolute atomic E-state index is 0.0792. The van der Waals surface area contributed by atoms with E-state index in [2.05, 4.69) is 15.9 Å². The van der Waals surface area contributed by atoms with Crippen LogP contribution < -0.4 is 5.56 Å². The Hall–Kier alpha value is -0.650. The topological polar surface area (TPSA) is 31.2 Å². The summed E-state index contributed by atoms with van der Waals surface area (Å²) >= 11 is 5.07. The number of fused-ring (bicyclic) bond motifs is 1. The van der Waals surface area contributed by atoms with E-state index >= 15 is 0 Å². The van der Waals surface area contributed by atoms with Crippen LogP contribution in [0.15, 0.2) is 26.9 Å². The Bertz CT molecular complexity index is 546.